The first-order valence-electron chi connectivity index (χ1n) is 6.41. The van der Waals surface area contributed by atoms with E-state index in [-0.39, 0.29) is 5.82 Å². The summed E-state index contributed by atoms with van der Waals surface area (Å²) in [5.41, 5.74) is 2.18. The molecule has 0 heterocycles. The highest BCUT2D eigenvalue weighted by atomic mass is 35.5. The second-order valence-corrected chi connectivity index (χ2v) is 5.24. The molecule has 0 fully saturated rings. The van der Waals surface area contributed by atoms with Gasteiger partial charge in [0, 0.05) is 19.2 Å². The van der Waals surface area contributed by atoms with Crippen molar-refractivity contribution in [3.05, 3.63) is 64.4 Å². The van der Waals surface area contributed by atoms with Crippen LogP contribution in [0.5, 0.6) is 0 Å². The Kier molecular flexibility index (Phi) is 4.63. The molecule has 106 valence electrons. The van der Waals surface area contributed by atoms with Crippen molar-refractivity contribution in [3.63, 3.8) is 0 Å². The molecular formula is C16H17ClFNO. The molecule has 4 heteroatoms. The third-order valence-corrected chi connectivity index (χ3v) is 3.53. The number of anilines is 1. The average Bonchev–Trinajstić information content (AvgIpc) is 2.41. The maximum absolute atomic E-state index is 13.6. The molecule has 0 aliphatic heterocycles. The monoisotopic (exact) mass is 293 g/mol. The number of nitrogens with zero attached hydrogens (tertiary/aromatic N) is 1. The first-order valence-corrected chi connectivity index (χ1v) is 6.79. The molecule has 0 amide bonds. The van der Waals surface area contributed by atoms with E-state index in [0.29, 0.717) is 17.1 Å². The Hall–Kier alpha value is -1.58. The summed E-state index contributed by atoms with van der Waals surface area (Å²) in [5.74, 6) is -0.226. The minimum atomic E-state index is -0.557. The highest BCUT2D eigenvalue weighted by Gasteiger charge is 2.11. The van der Waals surface area contributed by atoms with Crippen molar-refractivity contribution in [1.82, 2.24) is 0 Å². The van der Waals surface area contributed by atoms with Crippen molar-refractivity contribution in [2.75, 3.05) is 11.9 Å². The van der Waals surface area contributed by atoms with Crippen molar-refractivity contribution >= 4 is 17.3 Å². The van der Waals surface area contributed by atoms with Gasteiger partial charge in [-0.05, 0) is 30.7 Å². The predicted octanol–water partition coefficient (Wildman–Crippen LogP) is 4.17. The summed E-state index contributed by atoms with van der Waals surface area (Å²) in [6.45, 7) is 2.12. The molecular weight excluding hydrogens is 277 g/mol. The van der Waals surface area contributed by atoms with Gasteiger partial charge in [0.05, 0.1) is 16.8 Å². The molecule has 0 spiro atoms. The van der Waals surface area contributed by atoms with E-state index < -0.39 is 6.10 Å². The van der Waals surface area contributed by atoms with Crippen LogP contribution in [0.15, 0.2) is 42.5 Å². The minimum absolute atomic E-state index is 0.226. The smallest absolute Gasteiger partial charge is 0.128 e. The van der Waals surface area contributed by atoms with Crippen LogP contribution in [0.3, 0.4) is 0 Å². The zero-order chi connectivity index (χ0) is 14.7. The summed E-state index contributed by atoms with van der Waals surface area (Å²) in [4.78, 5) is 1.88. The number of hydrogen-bond acceptors (Lipinski definition) is 2. The van der Waals surface area contributed by atoms with Crippen LogP contribution in [-0.4, -0.2) is 12.2 Å². The van der Waals surface area contributed by atoms with Crippen LogP contribution in [0.4, 0.5) is 10.1 Å². The van der Waals surface area contributed by atoms with Gasteiger partial charge < -0.3 is 10.0 Å². The van der Waals surface area contributed by atoms with E-state index in [1.807, 2.05) is 30.1 Å². The lowest BCUT2D eigenvalue weighted by atomic mass is 10.1. The van der Waals surface area contributed by atoms with Gasteiger partial charge in [0.2, 0.25) is 0 Å². The van der Waals surface area contributed by atoms with E-state index in [2.05, 4.69) is 0 Å². The van der Waals surface area contributed by atoms with Gasteiger partial charge in [-0.1, -0.05) is 35.9 Å². The molecule has 0 aliphatic rings. The summed E-state index contributed by atoms with van der Waals surface area (Å²) in [7, 11) is 1.86. The van der Waals surface area contributed by atoms with Crippen LogP contribution in [-0.2, 0) is 6.54 Å². The molecule has 0 saturated heterocycles. The third-order valence-electron chi connectivity index (χ3n) is 3.23. The molecule has 20 heavy (non-hydrogen) atoms. The van der Waals surface area contributed by atoms with Gasteiger partial charge >= 0.3 is 0 Å². The van der Waals surface area contributed by atoms with Crippen LogP contribution in [0, 0.1) is 5.82 Å². The summed E-state index contributed by atoms with van der Waals surface area (Å²) < 4.78 is 13.6. The van der Waals surface area contributed by atoms with Gasteiger partial charge in [-0.3, -0.25) is 0 Å². The lowest BCUT2D eigenvalue weighted by molar-refractivity contribution is 0.199. The Labute approximate surface area is 123 Å². The Morgan fingerprint density at radius 1 is 1.25 bits per heavy atom. The molecule has 1 atom stereocenters. The predicted molar refractivity (Wildman–Crippen MR) is 80.6 cm³/mol. The van der Waals surface area contributed by atoms with E-state index in [1.165, 1.54) is 6.07 Å². The molecule has 0 bridgehead atoms. The molecule has 2 aromatic rings. The van der Waals surface area contributed by atoms with Crippen molar-refractivity contribution < 1.29 is 9.50 Å². The standard InChI is InChI=1S/C16H17ClFNO/c1-11(20)12-7-8-16(14(17)9-12)19(2)10-13-5-3-4-6-15(13)18/h3-9,11,20H,10H2,1-2H3. The van der Waals surface area contributed by atoms with Gasteiger partial charge in [0.15, 0.2) is 0 Å². The van der Waals surface area contributed by atoms with Gasteiger partial charge in [-0.15, -0.1) is 0 Å². The molecule has 0 saturated carbocycles. The van der Waals surface area contributed by atoms with Gasteiger partial charge in [0.25, 0.3) is 0 Å². The van der Waals surface area contributed by atoms with Crippen LogP contribution >= 0.6 is 11.6 Å². The summed E-state index contributed by atoms with van der Waals surface area (Å²) in [5, 5.41) is 10.1. The zero-order valence-corrected chi connectivity index (χ0v) is 12.2. The first-order chi connectivity index (χ1) is 9.49. The Morgan fingerprint density at radius 2 is 1.95 bits per heavy atom. The SMILES string of the molecule is CC(O)c1ccc(N(C)Cc2ccccc2F)c(Cl)c1. The maximum Gasteiger partial charge on any atom is 0.128 e. The van der Waals surface area contributed by atoms with E-state index >= 15 is 0 Å². The molecule has 1 N–H and O–H groups in total. The van der Waals surface area contributed by atoms with Crippen molar-refractivity contribution in [2.45, 2.75) is 19.6 Å². The van der Waals surface area contributed by atoms with Crippen molar-refractivity contribution in [2.24, 2.45) is 0 Å². The largest absolute Gasteiger partial charge is 0.389 e. The van der Waals surface area contributed by atoms with Crippen LogP contribution in [0.2, 0.25) is 5.02 Å². The van der Waals surface area contributed by atoms with Gasteiger partial charge in [0.1, 0.15) is 5.82 Å². The zero-order valence-electron chi connectivity index (χ0n) is 11.5. The fraction of sp³-hybridized carbons (Fsp3) is 0.250. The molecule has 0 aromatic heterocycles. The van der Waals surface area contributed by atoms with E-state index in [9.17, 15) is 9.50 Å². The van der Waals surface area contributed by atoms with Crippen LogP contribution in [0.1, 0.15) is 24.2 Å². The third kappa shape index (κ3) is 3.30. The van der Waals surface area contributed by atoms with Crippen molar-refractivity contribution in [1.29, 1.82) is 0 Å². The van der Waals surface area contributed by atoms with Gasteiger partial charge in [-0.25, -0.2) is 4.39 Å². The van der Waals surface area contributed by atoms with Crippen molar-refractivity contribution in [3.8, 4) is 0 Å². The Balaban J connectivity index is 2.21. The van der Waals surface area contributed by atoms with Gasteiger partial charge in [-0.2, -0.15) is 0 Å². The minimum Gasteiger partial charge on any atom is -0.389 e. The summed E-state index contributed by atoms with van der Waals surface area (Å²) in [6, 6.07) is 12.1. The molecule has 2 aromatic carbocycles. The summed E-state index contributed by atoms with van der Waals surface area (Å²) >= 11 is 6.23. The average molecular weight is 294 g/mol. The number of rotatable bonds is 4. The molecule has 1 unspecified atom stereocenters. The maximum atomic E-state index is 13.6. The first kappa shape index (κ1) is 14.8. The number of halogens is 2. The fourth-order valence-electron chi connectivity index (χ4n) is 2.06. The van der Waals surface area contributed by atoms with Crippen LogP contribution < -0.4 is 4.90 Å². The normalized spacial score (nSPS) is 12.2. The molecule has 2 nitrogen and oxygen atoms in total. The fourth-order valence-corrected chi connectivity index (χ4v) is 2.39. The Morgan fingerprint density at radius 3 is 2.55 bits per heavy atom. The molecule has 0 radical (unpaired) electrons. The van der Waals surface area contributed by atoms with E-state index in [4.69, 9.17) is 11.6 Å². The number of hydrogen-bond donors (Lipinski definition) is 1. The van der Waals surface area contributed by atoms with Crippen LogP contribution in [0.25, 0.3) is 0 Å². The number of benzene rings is 2. The molecule has 2 rings (SSSR count). The lowest BCUT2D eigenvalue weighted by Gasteiger charge is -2.22. The highest BCUT2D eigenvalue weighted by molar-refractivity contribution is 6.33. The Bertz CT molecular complexity index is 601. The van der Waals surface area contributed by atoms with E-state index in [0.717, 1.165) is 11.3 Å². The quantitative estimate of drug-likeness (QED) is 0.914. The molecule has 0 aliphatic carbocycles. The number of aliphatic hydroxyl groups excluding tert-OH is 1. The number of aliphatic hydroxyl groups is 1. The van der Waals surface area contributed by atoms with E-state index in [1.54, 1.807) is 25.1 Å². The highest BCUT2D eigenvalue weighted by Crippen LogP contribution is 2.29. The lowest BCUT2D eigenvalue weighted by Crippen LogP contribution is -2.17. The second kappa shape index (κ2) is 6.25. The topological polar surface area (TPSA) is 23.5 Å². The second-order valence-electron chi connectivity index (χ2n) is 4.83. The summed E-state index contributed by atoms with van der Waals surface area (Å²) in [6.07, 6.45) is -0.557.